The van der Waals surface area contributed by atoms with E-state index >= 15 is 0 Å². The molecule has 4 rings (SSSR count). The largest absolute Gasteiger partial charge is 0.373 e. The third-order valence-electron chi connectivity index (χ3n) is 5.65. The lowest BCUT2D eigenvalue weighted by molar-refractivity contribution is -0.0440. The molecule has 0 unspecified atom stereocenters. The quantitative estimate of drug-likeness (QED) is 0.600. The van der Waals surface area contributed by atoms with Gasteiger partial charge in [0.2, 0.25) is 10.0 Å². The fourth-order valence-corrected chi connectivity index (χ4v) is 5.72. The maximum atomic E-state index is 13.3. The average Bonchev–Trinajstić information content (AvgIpc) is 3.23. The van der Waals surface area contributed by atoms with E-state index in [4.69, 9.17) is 4.74 Å². The highest BCUT2D eigenvalue weighted by molar-refractivity contribution is 7.89. The van der Waals surface area contributed by atoms with Gasteiger partial charge >= 0.3 is 0 Å². The number of amides is 1. The number of ether oxygens (including phenoxy) is 1. The molecule has 3 atom stereocenters. The second-order valence-corrected chi connectivity index (χ2v) is 10.3. The minimum atomic E-state index is -3.76. The molecule has 2 aromatic carbocycles. The van der Waals surface area contributed by atoms with Crippen LogP contribution < -0.4 is 5.32 Å². The van der Waals surface area contributed by atoms with Crippen molar-refractivity contribution in [3.05, 3.63) is 83.9 Å². The van der Waals surface area contributed by atoms with Crippen LogP contribution in [0.1, 0.15) is 41.6 Å². The van der Waals surface area contributed by atoms with Gasteiger partial charge in [0.15, 0.2) is 0 Å². The molecule has 2 heterocycles. The van der Waals surface area contributed by atoms with Crippen molar-refractivity contribution in [2.24, 2.45) is 7.05 Å². The maximum absolute atomic E-state index is 13.3. The average molecular weight is 469 g/mol. The van der Waals surface area contributed by atoms with E-state index in [0.29, 0.717) is 5.82 Å². The first-order chi connectivity index (χ1) is 15.8. The smallest absolute Gasteiger partial charge is 0.252 e. The van der Waals surface area contributed by atoms with Crippen molar-refractivity contribution in [3.63, 3.8) is 0 Å². The number of nitrogens with zero attached hydrogens (tertiary/aromatic N) is 3. The third-order valence-corrected chi connectivity index (χ3v) is 7.47. The molecule has 0 bridgehead atoms. The van der Waals surface area contributed by atoms with E-state index in [2.05, 4.69) is 10.3 Å². The minimum Gasteiger partial charge on any atom is -0.373 e. The van der Waals surface area contributed by atoms with Gasteiger partial charge in [-0.2, -0.15) is 4.31 Å². The Morgan fingerprint density at radius 3 is 2.42 bits per heavy atom. The Kier molecular flexibility index (Phi) is 6.64. The number of benzene rings is 2. The number of aryl methyl sites for hydroxylation is 1. The number of rotatable bonds is 6. The highest BCUT2D eigenvalue weighted by Crippen LogP contribution is 2.24. The van der Waals surface area contributed by atoms with Crippen molar-refractivity contribution < 1.29 is 17.9 Å². The Balaban J connectivity index is 1.61. The molecule has 1 aliphatic heterocycles. The van der Waals surface area contributed by atoms with Gasteiger partial charge in [-0.05, 0) is 37.6 Å². The molecule has 174 valence electrons. The summed E-state index contributed by atoms with van der Waals surface area (Å²) in [6.45, 7) is 4.25. The fraction of sp³-hybridized carbons (Fsp3) is 0.333. The van der Waals surface area contributed by atoms with Crippen LogP contribution in [0.25, 0.3) is 0 Å². The Hall–Kier alpha value is -3.01. The molecule has 0 aliphatic carbocycles. The van der Waals surface area contributed by atoms with Crippen LogP contribution >= 0.6 is 0 Å². The Morgan fingerprint density at radius 1 is 1.09 bits per heavy atom. The van der Waals surface area contributed by atoms with E-state index in [0.717, 1.165) is 5.56 Å². The second-order valence-electron chi connectivity index (χ2n) is 8.32. The van der Waals surface area contributed by atoms with E-state index in [1.807, 2.05) is 62.0 Å². The first-order valence-electron chi connectivity index (χ1n) is 10.8. The molecule has 1 aliphatic rings. The molecule has 1 aromatic heterocycles. The summed E-state index contributed by atoms with van der Waals surface area (Å²) in [6, 6.07) is 15.2. The minimum absolute atomic E-state index is 0.0877. The summed E-state index contributed by atoms with van der Waals surface area (Å²) in [5.41, 5.74) is 1.14. The van der Waals surface area contributed by atoms with Gasteiger partial charge in [0.05, 0.1) is 17.1 Å². The van der Waals surface area contributed by atoms with Gasteiger partial charge in [0.25, 0.3) is 5.91 Å². The topological polar surface area (TPSA) is 93.5 Å². The van der Waals surface area contributed by atoms with Gasteiger partial charge in [-0.1, -0.05) is 36.4 Å². The Labute approximate surface area is 194 Å². The number of hydrogen-bond donors (Lipinski definition) is 1. The summed E-state index contributed by atoms with van der Waals surface area (Å²) in [7, 11) is -1.89. The molecule has 0 saturated carbocycles. The highest BCUT2D eigenvalue weighted by atomic mass is 32.2. The van der Waals surface area contributed by atoms with E-state index in [1.165, 1.54) is 16.4 Å². The van der Waals surface area contributed by atoms with Gasteiger partial charge in [-0.25, -0.2) is 13.4 Å². The van der Waals surface area contributed by atoms with Gasteiger partial charge < -0.3 is 14.6 Å². The number of hydrogen-bond acceptors (Lipinski definition) is 5. The van der Waals surface area contributed by atoms with Crippen molar-refractivity contribution in [2.45, 2.75) is 37.0 Å². The number of carbonyl (C=O) groups excluding carboxylic acids is 1. The highest BCUT2D eigenvalue weighted by Gasteiger charge is 2.32. The van der Waals surface area contributed by atoms with Gasteiger partial charge in [-0.3, -0.25) is 4.79 Å². The Morgan fingerprint density at radius 2 is 1.79 bits per heavy atom. The monoisotopic (exact) mass is 468 g/mol. The molecule has 9 heteroatoms. The van der Waals surface area contributed by atoms with E-state index in [9.17, 15) is 13.2 Å². The summed E-state index contributed by atoms with van der Waals surface area (Å²) in [5, 5.41) is 3.01. The summed E-state index contributed by atoms with van der Waals surface area (Å²) in [6.07, 6.45) is 3.10. The zero-order valence-electron chi connectivity index (χ0n) is 18.9. The molecule has 33 heavy (non-hydrogen) atoms. The first kappa shape index (κ1) is 23.2. The molecule has 1 amide bonds. The summed E-state index contributed by atoms with van der Waals surface area (Å²) in [5.74, 6) is 0.294. The second kappa shape index (κ2) is 9.46. The van der Waals surface area contributed by atoms with Crippen LogP contribution in [0.4, 0.5) is 0 Å². The van der Waals surface area contributed by atoms with E-state index in [-0.39, 0.29) is 41.7 Å². The number of aromatic nitrogens is 2. The third kappa shape index (κ3) is 5.00. The lowest BCUT2D eigenvalue weighted by Gasteiger charge is -2.34. The molecular weight excluding hydrogens is 440 g/mol. The zero-order chi connectivity index (χ0) is 23.6. The SMILES string of the molecule is C[C@@H]1CN(S(=O)(=O)c2cccc(C(=O)N[C@H](c3ccccc3)c3nccn3C)c2)C[C@H](C)O1. The predicted molar refractivity (Wildman–Crippen MR) is 124 cm³/mol. The van der Waals surface area contributed by atoms with E-state index in [1.54, 1.807) is 18.3 Å². The number of nitrogens with one attached hydrogen (secondary N) is 1. The van der Waals surface area contributed by atoms with Crippen LogP contribution in [0.5, 0.6) is 0 Å². The lowest BCUT2D eigenvalue weighted by atomic mass is 10.1. The fourth-order valence-electron chi connectivity index (χ4n) is 4.09. The molecule has 3 aromatic rings. The van der Waals surface area contributed by atoms with Crippen molar-refractivity contribution in [2.75, 3.05) is 13.1 Å². The normalized spacial score (nSPS) is 20.3. The first-order valence-corrected chi connectivity index (χ1v) is 12.3. The maximum Gasteiger partial charge on any atom is 0.252 e. The standard InChI is InChI=1S/C24H28N4O4S/c1-17-15-28(16-18(2)32-17)33(30,31)21-11-7-10-20(14-21)24(29)26-22(19-8-5-4-6-9-19)23-25-12-13-27(23)3/h4-14,17-18,22H,15-16H2,1-3H3,(H,26,29)/t17-,18+,22-/m1/s1. The number of carbonyl (C=O) groups is 1. The van der Waals surface area contributed by atoms with Crippen LogP contribution in [-0.2, 0) is 21.8 Å². The van der Waals surface area contributed by atoms with Crippen molar-refractivity contribution in [1.82, 2.24) is 19.2 Å². The molecule has 0 radical (unpaired) electrons. The molecular formula is C24H28N4O4S. The molecule has 1 saturated heterocycles. The summed E-state index contributed by atoms with van der Waals surface area (Å²) >= 11 is 0. The summed E-state index contributed by atoms with van der Waals surface area (Å²) < 4.78 is 35.4. The molecule has 1 fully saturated rings. The van der Waals surface area contributed by atoms with Crippen molar-refractivity contribution in [1.29, 1.82) is 0 Å². The van der Waals surface area contributed by atoms with Crippen LogP contribution in [0.15, 0.2) is 71.9 Å². The van der Waals surface area contributed by atoms with Crippen molar-refractivity contribution >= 4 is 15.9 Å². The number of morpholine rings is 1. The van der Waals surface area contributed by atoms with Gasteiger partial charge in [0, 0.05) is 38.1 Å². The summed E-state index contributed by atoms with van der Waals surface area (Å²) in [4.78, 5) is 17.7. The van der Waals surface area contributed by atoms with Crippen LogP contribution in [0, 0.1) is 0 Å². The number of sulfonamides is 1. The number of imidazole rings is 1. The predicted octanol–water partition coefficient (Wildman–Crippen LogP) is 2.74. The molecule has 1 N–H and O–H groups in total. The van der Waals surface area contributed by atoms with Crippen LogP contribution in [0.3, 0.4) is 0 Å². The molecule has 8 nitrogen and oxygen atoms in total. The van der Waals surface area contributed by atoms with Crippen LogP contribution in [0.2, 0.25) is 0 Å². The Bertz CT molecular complexity index is 1220. The lowest BCUT2D eigenvalue weighted by Crippen LogP contribution is -2.48. The molecule has 0 spiro atoms. The zero-order valence-corrected chi connectivity index (χ0v) is 19.7. The van der Waals surface area contributed by atoms with E-state index < -0.39 is 16.1 Å². The van der Waals surface area contributed by atoms with Crippen LogP contribution in [-0.4, -0.2) is 53.5 Å². The van der Waals surface area contributed by atoms with Gasteiger partial charge in [0.1, 0.15) is 11.9 Å². The van der Waals surface area contributed by atoms with Gasteiger partial charge in [-0.15, -0.1) is 0 Å². The van der Waals surface area contributed by atoms with Crippen molar-refractivity contribution in [3.8, 4) is 0 Å².